The first-order chi connectivity index (χ1) is 10.1. The normalized spacial score (nSPS) is 12.3. The lowest BCUT2D eigenvalue weighted by Crippen LogP contribution is -2.17. The lowest BCUT2D eigenvalue weighted by molar-refractivity contribution is 0.537. The highest BCUT2D eigenvalue weighted by atomic mass is 35.5. The van der Waals surface area contributed by atoms with Crippen molar-refractivity contribution in [2.45, 2.75) is 0 Å². The van der Waals surface area contributed by atoms with E-state index in [1.807, 2.05) is 41.8 Å². The summed E-state index contributed by atoms with van der Waals surface area (Å²) in [6, 6.07) is 15.1. The molecule has 0 bridgehead atoms. The van der Waals surface area contributed by atoms with Crippen LogP contribution in [0.3, 0.4) is 0 Å². The molecule has 1 unspecified atom stereocenters. The first-order valence-corrected chi connectivity index (χ1v) is 9.04. The summed E-state index contributed by atoms with van der Waals surface area (Å²) in [6.45, 7) is 0. The van der Waals surface area contributed by atoms with Gasteiger partial charge in [-0.2, -0.15) is 0 Å². The molecule has 108 valence electrons. The maximum Gasteiger partial charge on any atom is 0.108 e. The molecule has 0 saturated carbocycles. The molecule has 3 aromatic rings. The quantitative estimate of drug-likeness (QED) is 0.614. The number of thiophene rings is 2. The lowest BCUT2D eigenvalue weighted by Gasteiger charge is -2.23. The second-order valence-electron chi connectivity index (χ2n) is 4.12. The van der Waals surface area contributed by atoms with E-state index in [9.17, 15) is 8.76 Å². The van der Waals surface area contributed by atoms with Gasteiger partial charge < -0.3 is 4.55 Å². The van der Waals surface area contributed by atoms with Crippen molar-refractivity contribution in [3.8, 4) is 10.4 Å². The van der Waals surface area contributed by atoms with E-state index in [0.29, 0.717) is 15.0 Å². The van der Waals surface area contributed by atoms with Gasteiger partial charge in [-0.05, 0) is 23.8 Å². The lowest BCUT2D eigenvalue weighted by atomic mass is 10.2. The minimum atomic E-state index is -2.39. The number of hydrogen-bond donors (Lipinski definition) is 0. The van der Waals surface area contributed by atoms with Crippen LogP contribution in [0.25, 0.3) is 10.4 Å². The van der Waals surface area contributed by atoms with Crippen LogP contribution in [0.1, 0.15) is 0 Å². The Kier molecular flexibility index (Phi) is 4.42. The topological polar surface area (TPSA) is 43.4 Å². The average Bonchev–Trinajstić information content (AvgIpc) is 3.10. The van der Waals surface area contributed by atoms with Crippen molar-refractivity contribution in [1.29, 1.82) is 0 Å². The molecule has 21 heavy (non-hydrogen) atoms. The zero-order valence-corrected chi connectivity index (χ0v) is 13.8. The fourth-order valence-corrected chi connectivity index (χ4v) is 4.58. The summed E-state index contributed by atoms with van der Waals surface area (Å²) in [5, 5.41) is 2.40. The standard InChI is InChI=1S/C14H10ClNO2S3/c15-13-6-7-14(20-13)16(21(17)18)11-8-12(19-9-11)10-4-2-1-3-5-10/h1-9H,(H,17,18)/p-1. The van der Waals surface area contributed by atoms with E-state index in [4.69, 9.17) is 11.6 Å². The van der Waals surface area contributed by atoms with Gasteiger partial charge in [-0.25, -0.2) is 0 Å². The molecular formula is C14H9ClNO2S3-. The van der Waals surface area contributed by atoms with Gasteiger partial charge in [-0.1, -0.05) is 41.9 Å². The monoisotopic (exact) mass is 354 g/mol. The van der Waals surface area contributed by atoms with Crippen molar-refractivity contribution in [1.82, 2.24) is 0 Å². The number of anilines is 2. The van der Waals surface area contributed by atoms with Crippen molar-refractivity contribution < 1.29 is 8.76 Å². The molecule has 0 spiro atoms. The molecular weight excluding hydrogens is 346 g/mol. The number of hydrogen-bond acceptors (Lipinski definition) is 4. The van der Waals surface area contributed by atoms with Crippen LogP contribution in [0.4, 0.5) is 10.7 Å². The van der Waals surface area contributed by atoms with Crippen LogP contribution in [0.2, 0.25) is 4.34 Å². The van der Waals surface area contributed by atoms with Gasteiger partial charge in [0.05, 0.1) is 21.3 Å². The summed E-state index contributed by atoms with van der Waals surface area (Å²) in [4.78, 5) is 1.02. The van der Waals surface area contributed by atoms with Crippen LogP contribution >= 0.6 is 34.3 Å². The van der Waals surface area contributed by atoms with E-state index < -0.39 is 11.3 Å². The Balaban J connectivity index is 1.98. The summed E-state index contributed by atoms with van der Waals surface area (Å²) in [7, 11) is 0. The number of rotatable bonds is 4. The van der Waals surface area contributed by atoms with Crippen molar-refractivity contribution in [3.05, 3.63) is 58.2 Å². The molecule has 1 atom stereocenters. The van der Waals surface area contributed by atoms with Crippen LogP contribution in [0.15, 0.2) is 53.9 Å². The number of halogens is 1. The van der Waals surface area contributed by atoms with Crippen molar-refractivity contribution in [3.63, 3.8) is 0 Å². The van der Waals surface area contributed by atoms with E-state index >= 15 is 0 Å². The third kappa shape index (κ3) is 3.20. The largest absolute Gasteiger partial charge is 0.755 e. The highest BCUT2D eigenvalue weighted by molar-refractivity contribution is 7.81. The van der Waals surface area contributed by atoms with Crippen molar-refractivity contribution >= 4 is 56.2 Å². The van der Waals surface area contributed by atoms with Gasteiger partial charge in [0.2, 0.25) is 0 Å². The summed E-state index contributed by atoms with van der Waals surface area (Å²) < 4.78 is 24.9. The summed E-state index contributed by atoms with van der Waals surface area (Å²) in [5.41, 5.74) is 1.68. The van der Waals surface area contributed by atoms with Gasteiger partial charge >= 0.3 is 0 Å². The molecule has 0 amide bonds. The molecule has 1 aromatic carbocycles. The molecule has 3 rings (SSSR count). The fourth-order valence-electron chi connectivity index (χ4n) is 1.89. The van der Waals surface area contributed by atoms with Crippen LogP contribution < -0.4 is 4.31 Å². The highest BCUT2D eigenvalue weighted by Crippen LogP contribution is 2.39. The van der Waals surface area contributed by atoms with E-state index in [1.165, 1.54) is 27.0 Å². The Morgan fingerprint density at radius 2 is 1.90 bits per heavy atom. The minimum Gasteiger partial charge on any atom is -0.755 e. The van der Waals surface area contributed by atoms with Crippen LogP contribution in [-0.4, -0.2) is 8.76 Å². The van der Waals surface area contributed by atoms with E-state index in [1.54, 1.807) is 12.1 Å². The number of benzene rings is 1. The van der Waals surface area contributed by atoms with Crippen molar-refractivity contribution in [2.75, 3.05) is 4.31 Å². The van der Waals surface area contributed by atoms with E-state index in [2.05, 4.69) is 0 Å². The third-order valence-electron chi connectivity index (χ3n) is 2.79. The van der Waals surface area contributed by atoms with Crippen LogP contribution in [0.5, 0.6) is 0 Å². The molecule has 0 N–H and O–H groups in total. The Bertz CT molecular complexity index is 769. The second kappa shape index (κ2) is 6.29. The Morgan fingerprint density at radius 3 is 2.52 bits per heavy atom. The molecule has 2 aromatic heterocycles. The third-order valence-corrected chi connectivity index (χ3v) is 5.79. The molecule has 0 aliphatic heterocycles. The van der Waals surface area contributed by atoms with E-state index in [0.717, 1.165) is 10.4 Å². The van der Waals surface area contributed by atoms with Crippen LogP contribution in [0, 0.1) is 0 Å². The molecule has 2 heterocycles. The van der Waals surface area contributed by atoms with Crippen molar-refractivity contribution in [2.24, 2.45) is 0 Å². The SMILES string of the molecule is O=S([O-])N(c1csc(-c2ccccc2)c1)c1ccc(Cl)s1. The maximum absolute atomic E-state index is 11.5. The minimum absolute atomic E-state index is 0.555. The van der Waals surface area contributed by atoms with E-state index in [-0.39, 0.29) is 0 Å². The molecule has 0 aliphatic carbocycles. The predicted octanol–water partition coefficient (Wildman–Crippen LogP) is 5.06. The maximum atomic E-state index is 11.5. The van der Waals surface area contributed by atoms with Gasteiger partial charge in [-0.15, -0.1) is 22.7 Å². The first-order valence-electron chi connectivity index (χ1n) is 5.94. The first kappa shape index (κ1) is 14.7. The predicted molar refractivity (Wildman–Crippen MR) is 90.1 cm³/mol. The fraction of sp³-hybridized carbons (Fsp3) is 0. The Morgan fingerprint density at radius 1 is 1.14 bits per heavy atom. The van der Waals surface area contributed by atoms with Gasteiger partial charge in [0.15, 0.2) is 0 Å². The summed E-state index contributed by atoms with van der Waals surface area (Å²) in [5.74, 6) is 0. The highest BCUT2D eigenvalue weighted by Gasteiger charge is 2.15. The molecule has 7 heteroatoms. The number of nitrogens with zero attached hydrogens (tertiary/aromatic N) is 1. The second-order valence-corrected chi connectivity index (χ2v) is 7.53. The molecule has 0 saturated heterocycles. The summed E-state index contributed by atoms with van der Waals surface area (Å²) >= 11 is 6.23. The smallest absolute Gasteiger partial charge is 0.108 e. The summed E-state index contributed by atoms with van der Waals surface area (Å²) in [6.07, 6.45) is 0. The van der Waals surface area contributed by atoms with Gasteiger partial charge in [0.25, 0.3) is 0 Å². The zero-order valence-electron chi connectivity index (χ0n) is 10.6. The Labute approximate surface area is 137 Å². The molecule has 3 nitrogen and oxygen atoms in total. The van der Waals surface area contributed by atoms with Crippen LogP contribution in [-0.2, 0) is 11.3 Å². The Hall–Kier alpha value is -1.18. The van der Waals surface area contributed by atoms with Gasteiger partial charge in [-0.3, -0.25) is 8.51 Å². The molecule has 0 fully saturated rings. The molecule has 0 aliphatic rings. The molecule has 0 radical (unpaired) electrons. The zero-order chi connectivity index (χ0) is 14.8. The van der Waals surface area contributed by atoms with Gasteiger partial charge in [0.1, 0.15) is 5.00 Å². The van der Waals surface area contributed by atoms with Gasteiger partial charge in [0, 0.05) is 10.3 Å². The average molecular weight is 355 g/mol.